The number of hydrogen-bond acceptors (Lipinski definition) is 7. The minimum atomic E-state index is -0.269. The SMILES string of the molecule is COc1c(O)cc2c(c1OC)-c1cc3c(cc1C[C@@H]1COC(=O)[C@H]1C2)OCO3. The summed E-state index contributed by atoms with van der Waals surface area (Å²) in [4.78, 5) is 12.4. The van der Waals surface area contributed by atoms with Crippen LogP contribution < -0.4 is 18.9 Å². The standard InChI is InChI=1S/C21H20O7/c1-24-19-15(22)5-11-4-14-12(8-26-21(14)23)3-10-6-16-17(28-9-27-16)7-13(10)18(11)20(19)25-2/h5-7,12,14,22H,3-4,8-9H2,1-2H3/t12-,14+/m1/s1. The average Bonchev–Trinajstić information content (AvgIpc) is 3.26. The summed E-state index contributed by atoms with van der Waals surface area (Å²) in [6.45, 7) is 0.570. The lowest BCUT2D eigenvalue weighted by molar-refractivity contribution is -0.141. The van der Waals surface area contributed by atoms with E-state index >= 15 is 0 Å². The fourth-order valence-corrected chi connectivity index (χ4v) is 4.49. The number of cyclic esters (lactones) is 1. The number of carbonyl (C=O) groups excluding carboxylic acids is 1. The van der Waals surface area contributed by atoms with Gasteiger partial charge in [0.25, 0.3) is 0 Å². The molecule has 0 aromatic heterocycles. The van der Waals surface area contributed by atoms with Gasteiger partial charge in [-0.3, -0.25) is 4.79 Å². The van der Waals surface area contributed by atoms with Gasteiger partial charge in [-0.2, -0.15) is 0 Å². The third-order valence-corrected chi connectivity index (χ3v) is 5.81. The van der Waals surface area contributed by atoms with Crippen LogP contribution in [0.15, 0.2) is 18.2 Å². The van der Waals surface area contributed by atoms with E-state index < -0.39 is 0 Å². The van der Waals surface area contributed by atoms with Gasteiger partial charge >= 0.3 is 5.97 Å². The van der Waals surface area contributed by atoms with Crippen molar-refractivity contribution < 1.29 is 33.6 Å². The molecule has 0 saturated carbocycles. The van der Waals surface area contributed by atoms with Crippen molar-refractivity contribution >= 4 is 5.97 Å². The number of fused-ring (bicyclic) bond motifs is 5. The quantitative estimate of drug-likeness (QED) is 0.797. The Morgan fingerprint density at radius 3 is 2.46 bits per heavy atom. The largest absolute Gasteiger partial charge is 0.504 e. The normalized spacial score (nSPS) is 21.7. The first-order chi connectivity index (χ1) is 13.6. The summed E-state index contributed by atoms with van der Waals surface area (Å²) in [6.07, 6.45) is 1.13. The Bertz CT molecular complexity index is 981. The lowest BCUT2D eigenvalue weighted by atomic mass is 9.77. The molecule has 2 aliphatic heterocycles. The van der Waals surface area contributed by atoms with Gasteiger partial charge in [-0.1, -0.05) is 0 Å². The first-order valence-corrected chi connectivity index (χ1v) is 9.17. The predicted molar refractivity (Wildman–Crippen MR) is 98.1 cm³/mol. The molecule has 28 heavy (non-hydrogen) atoms. The number of rotatable bonds is 2. The zero-order valence-corrected chi connectivity index (χ0v) is 15.6. The summed E-state index contributed by atoms with van der Waals surface area (Å²) in [5, 5.41) is 10.5. The molecule has 0 radical (unpaired) electrons. The van der Waals surface area contributed by atoms with Crippen LogP contribution >= 0.6 is 0 Å². The fourth-order valence-electron chi connectivity index (χ4n) is 4.49. The van der Waals surface area contributed by atoms with Crippen LogP contribution in [-0.4, -0.2) is 38.7 Å². The van der Waals surface area contributed by atoms with E-state index in [0.29, 0.717) is 36.7 Å². The van der Waals surface area contributed by atoms with E-state index in [1.54, 1.807) is 6.07 Å². The highest BCUT2D eigenvalue weighted by Crippen LogP contribution is 2.52. The van der Waals surface area contributed by atoms with Gasteiger partial charge in [0.2, 0.25) is 12.5 Å². The predicted octanol–water partition coefficient (Wildman–Crippen LogP) is 2.69. The van der Waals surface area contributed by atoms with Crippen molar-refractivity contribution in [2.24, 2.45) is 11.8 Å². The first kappa shape index (κ1) is 17.0. The van der Waals surface area contributed by atoms with Crippen LogP contribution in [0.4, 0.5) is 0 Å². The molecule has 146 valence electrons. The van der Waals surface area contributed by atoms with Crippen molar-refractivity contribution in [2.45, 2.75) is 12.8 Å². The second kappa shape index (κ2) is 6.22. The molecule has 3 aliphatic rings. The third kappa shape index (κ3) is 2.38. The van der Waals surface area contributed by atoms with Crippen molar-refractivity contribution in [3.8, 4) is 39.9 Å². The zero-order chi connectivity index (χ0) is 19.4. The smallest absolute Gasteiger partial charge is 0.309 e. The second-order valence-corrected chi connectivity index (χ2v) is 7.26. The minimum Gasteiger partial charge on any atom is -0.504 e. The van der Waals surface area contributed by atoms with E-state index in [4.69, 9.17) is 23.7 Å². The van der Waals surface area contributed by atoms with Crippen LogP contribution in [0.1, 0.15) is 11.1 Å². The lowest BCUT2D eigenvalue weighted by Gasteiger charge is -2.26. The Kier molecular flexibility index (Phi) is 3.79. The number of methoxy groups -OCH3 is 2. The van der Waals surface area contributed by atoms with Gasteiger partial charge in [-0.05, 0) is 47.7 Å². The van der Waals surface area contributed by atoms with Crippen LogP contribution in [0.3, 0.4) is 0 Å². The van der Waals surface area contributed by atoms with Gasteiger partial charge < -0.3 is 28.8 Å². The van der Waals surface area contributed by atoms with Gasteiger partial charge in [0.15, 0.2) is 23.0 Å². The van der Waals surface area contributed by atoms with Crippen molar-refractivity contribution in [1.82, 2.24) is 0 Å². The number of carbonyl (C=O) groups is 1. The number of phenolic OH excluding ortho intramolecular Hbond substituents is 1. The highest BCUT2D eigenvalue weighted by molar-refractivity contribution is 5.85. The number of hydrogen-bond donors (Lipinski definition) is 1. The van der Waals surface area contributed by atoms with E-state index in [0.717, 1.165) is 22.3 Å². The first-order valence-electron chi connectivity index (χ1n) is 9.17. The summed E-state index contributed by atoms with van der Waals surface area (Å²) in [6, 6.07) is 5.55. The number of phenols is 1. The van der Waals surface area contributed by atoms with Crippen molar-refractivity contribution in [3.05, 3.63) is 29.3 Å². The fraction of sp³-hybridized carbons (Fsp3) is 0.381. The minimum absolute atomic E-state index is 0.0242. The molecule has 0 unspecified atom stereocenters. The van der Waals surface area contributed by atoms with E-state index in [1.807, 2.05) is 12.1 Å². The van der Waals surface area contributed by atoms with Crippen LogP contribution in [0.25, 0.3) is 11.1 Å². The molecule has 0 bridgehead atoms. The summed E-state index contributed by atoms with van der Waals surface area (Å²) >= 11 is 0. The van der Waals surface area contributed by atoms with Crippen LogP contribution in [-0.2, 0) is 22.4 Å². The van der Waals surface area contributed by atoms with Gasteiger partial charge in [0.05, 0.1) is 26.7 Å². The monoisotopic (exact) mass is 384 g/mol. The molecule has 0 amide bonds. The van der Waals surface area contributed by atoms with Crippen molar-refractivity contribution in [1.29, 1.82) is 0 Å². The van der Waals surface area contributed by atoms with E-state index in [1.165, 1.54) is 14.2 Å². The molecular weight excluding hydrogens is 364 g/mol. The molecule has 1 saturated heterocycles. The summed E-state index contributed by atoms with van der Waals surface area (Å²) in [5.41, 5.74) is 3.55. The second-order valence-electron chi connectivity index (χ2n) is 7.26. The molecular formula is C21H20O7. The Balaban J connectivity index is 1.81. The molecule has 1 aliphatic carbocycles. The molecule has 2 aromatic carbocycles. The Morgan fingerprint density at radius 2 is 1.71 bits per heavy atom. The topological polar surface area (TPSA) is 83.5 Å². The van der Waals surface area contributed by atoms with Crippen LogP contribution in [0.5, 0.6) is 28.7 Å². The summed E-state index contributed by atoms with van der Waals surface area (Å²) in [7, 11) is 3.02. The van der Waals surface area contributed by atoms with E-state index in [-0.39, 0.29) is 36.1 Å². The van der Waals surface area contributed by atoms with Gasteiger partial charge in [-0.25, -0.2) is 0 Å². The van der Waals surface area contributed by atoms with Crippen molar-refractivity contribution in [2.75, 3.05) is 27.6 Å². The highest BCUT2D eigenvalue weighted by atomic mass is 16.7. The molecule has 2 atom stereocenters. The van der Waals surface area contributed by atoms with Crippen LogP contribution in [0.2, 0.25) is 0 Å². The maximum absolute atomic E-state index is 12.4. The van der Waals surface area contributed by atoms with Crippen molar-refractivity contribution in [3.63, 3.8) is 0 Å². The number of ether oxygens (including phenoxy) is 5. The molecule has 1 N–H and O–H groups in total. The van der Waals surface area contributed by atoms with E-state index in [9.17, 15) is 9.90 Å². The Morgan fingerprint density at radius 1 is 0.964 bits per heavy atom. The molecule has 7 heteroatoms. The van der Waals surface area contributed by atoms with Gasteiger partial charge in [0, 0.05) is 11.5 Å². The Labute approximate surface area is 161 Å². The molecule has 7 nitrogen and oxygen atoms in total. The molecule has 2 heterocycles. The third-order valence-electron chi connectivity index (χ3n) is 5.81. The van der Waals surface area contributed by atoms with Gasteiger partial charge in [0.1, 0.15) is 0 Å². The van der Waals surface area contributed by atoms with Gasteiger partial charge in [-0.15, -0.1) is 0 Å². The number of aromatic hydroxyl groups is 1. The number of esters is 1. The molecule has 1 fully saturated rings. The highest BCUT2D eigenvalue weighted by Gasteiger charge is 2.40. The maximum Gasteiger partial charge on any atom is 0.309 e. The molecule has 0 spiro atoms. The number of benzene rings is 2. The maximum atomic E-state index is 12.4. The molecule has 2 aromatic rings. The Hall–Kier alpha value is -3.09. The van der Waals surface area contributed by atoms with Crippen LogP contribution in [0, 0.1) is 11.8 Å². The van der Waals surface area contributed by atoms with E-state index in [2.05, 4.69) is 0 Å². The average molecular weight is 384 g/mol. The summed E-state index contributed by atoms with van der Waals surface area (Å²) in [5.74, 6) is 1.61. The summed E-state index contributed by atoms with van der Waals surface area (Å²) < 4.78 is 27.6. The molecule has 5 rings (SSSR count). The lowest BCUT2D eigenvalue weighted by Crippen LogP contribution is -2.23. The zero-order valence-electron chi connectivity index (χ0n) is 15.6.